The van der Waals surface area contributed by atoms with Crippen LogP contribution in [0.15, 0.2) is 0 Å². The monoisotopic (exact) mass is 188 g/mol. The first-order chi connectivity index (χ1) is 5.81. The molecule has 0 rings (SSSR count). The normalized spacial score (nSPS) is 11.8. The molecule has 78 valence electrons. The van der Waals surface area contributed by atoms with Gasteiger partial charge in [-0.05, 0) is 5.41 Å². The first-order valence-corrected chi connectivity index (χ1v) is 4.36. The maximum absolute atomic E-state index is 11.1. The maximum atomic E-state index is 11.1. The van der Waals surface area contributed by atoms with E-state index in [0.717, 1.165) is 0 Å². The lowest BCUT2D eigenvalue weighted by Gasteiger charge is -2.18. The second-order valence-electron chi connectivity index (χ2n) is 4.48. The van der Waals surface area contributed by atoms with E-state index in [1.165, 1.54) is 0 Å². The van der Waals surface area contributed by atoms with Crippen molar-refractivity contribution in [3.63, 3.8) is 0 Å². The lowest BCUT2D eigenvalue weighted by atomic mass is 9.99. The zero-order valence-electron chi connectivity index (χ0n) is 9.18. The van der Waals surface area contributed by atoms with Crippen LogP contribution in [0.1, 0.15) is 20.8 Å². The molecular weight excluding hydrogens is 168 g/mol. The van der Waals surface area contributed by atoms with Gasteiger partial charge < -0.3 is 4.74 Å². The smallest absolute Gasteiger partial charge is 0.260 e. The van der Waals surface area contributed by atoms with Crippen molar-refractivity contribution in [2.75, 3.05) is 27.3 Å². The summed E-state index contributed by atoms with van der Waals surface area (Å²) in [6.07, 6.45) is 0. The van der Waals surface area contributed by atoms with E-state index >= 15 is 0 Å². The van der Waals surface area contributed by atoms with Crippen LogP contribution in [0.2, 0.25) is 0 Å². The van der Waals surface area contributed by atoms with Crippen LogP contribution >= 0.6 is 0 Å². The lowest BCUT2D eigenvalue weighted by Crippen LogP contribution is -2.38. The quantitative estimate of drug-likeness (QED) is 0.658. The molecule has 13 heavy (non-hydrogen) atoms. The molecule has 0 atom stereocenters. The molecule has 4 nitrogen and oxygen atoms in total. The first kappa shape index (κ1) is 12.4. The number of carbonyl (C=O) groups is 1. The van der Waals surface area contributed by atoms with Crippen molar-refractivity contribution >= 4 is 5.91 Å². The van der Waals surface area contributed by atoms with E-state index in [1.807, 2.05) is 0 Å². The van der Waals surface area contributed by atoms with Crippen LogP contribution in [0, 0.1) is 5.41 Å². The molecular formula is C9H20N2O2. The summed E-state index contributed by atoms with van der Waals surface area (Å²) >= 11 is 0. The predicted octanol–water partition coefficient (Wildman–Crippen LogP) is 0.642. The number of rotatable bonds is 4. The Labute approximate surface area is 80.2 Å². The van der Waals surface area contributed by atoms with E-state index < -0.39 is 0 Å². The van der Waals surface area contributed by atoms with Crippen LogP contribution in [-0.4, -0.2) is 38.2 Å². The summed E-state index contributed by atoms with van der Waals surface area (Å²) in [7, 11) is 3.53. The topological polar surface area (TPSA) is 41.6 Å². The predicted molar refractivity (Wildman–Crippen MR) is 52.1 cm³/mol. The van der Waals surface area contributed by atoms with Gasteiger partial charge in [0, 0.05) is 14.1 Å². The van der Waals surface area contributed by atoms with Gasteiger partial charge in [0.1, 0.15) is 6.61 Å². The Morgan fingerprint density at radius 3 is 2.31 bits per heavy atom. The van der Waals surface area contributed by atoms with Gasteiger partial charge in [-0.1, -0.05) is 20.8 Å². The van der Waals surface area contributed by atoms with Crippen LogP contribution in [0.5, 0.6) is 0 Å². The fourth-order valence-corrected chi connectivity index (χ4v) is 0.732. The highest BCUT2D eigenvalue weighted by Crippen LogP contribution is 2.12. The number of ether oxygens (including phenoxy) is 1. The van der Waals surface area contributed by atoms with E-state index in [4.69, 9.17) is 4.74 Å². The molecule has 0 aliphatic rings. The van der Waals surface area contributed by atoms with Crippen molar-refractivity contribution in [1.29, 1.82) is 0 Å². The minimum atomic E-state index is -0.116. The van der Waals surface area contributed by atoms with Crippen molar-refractivity contribution in [2.24, 2.45) is 5.41 Å². The third-order valence-electron chi connectivity index (χ3n) is 1.12. The van der Waals surface area contributed by atoms with Gasteiger partial charge in [0.15, 0.2) is 0 Å². The molecule has 0 aromatic carbocycles. The molecule has 0 heterocycles. The van der Waals surface area contributed by atoms with Crippen LogP contribution in [-0.2, 0) is 9.53 Å². The summed E-state index contributed by atoms with van der Waals surface area (Å²) in [6.45, 7) is 6.91. The van der Waals surface area contributed by atoms with Gasteiger partial charge in [-0.15, -0.1) is 0 Å². The SMILES string of the molecule is CN(C)NC(=O)COCC(C)(C)C. The van der Waals surface area contributed by atoms with Gasteiger partial charge in [-0.3, -0.25) is 10.2 Å². The summed E-state index contributed by atoms with van der Waals surface area (Å²) in [5.74, 6) is -0.116. The minimum Gasteiger partial charge on any atom is -0.371 e. The standard InChI is InChI=1S/C9H20N2O2/c1-9(2,3)7-13-6-8(12)10-11(4)5/h6-7H2,1-5H3,(H,10,12). The van der Waals surface area contributed by atoms with E-state index in [2.05, 4.69) is 26.2 Å². The van der Waals surface area contributed by atoms with Crippen molar-refractivity contribution in [2.45, 2.75) is 20.8 Å². The largest absolute Gasteiger partial charge is 0.371 e. The molecule has 4 heteroatoms. The molecule has 1 N–H and O–H groups in total. The molecule has 0 aliphatic heterocycles. The Kier molecular flexibility index (Phi) is 4.95. The minimum absolute atomic E-state index is 0.110. The van der Waals surface area contributed by atoms with Gasteiger partial charge in [0.25, 0.3) is 5.91 Å². The van der Waals surface area contributed by atoms with Gasteiger partial charge in [0.2, 0.25) is 0 Å². The Morgan fingerprint density at radius 2 is 1.92 bits per heavy atom. The zero-order valence-corrected chi connectivity index (χ0v) is 9.18. The molecule has 0 aliphatic carbocycles. The molecule has 0 unspecified atom stereocenters. The second kappa shape index (κ2) is 5.19. The Morgan fingerprint density at radius 1 is 1.38 bits per heavy atom. The molecule has 1 amide bonds. The zero-order chi connectivity index (χ0) is 10.5. The number of carbonyl (C=O) groups excluding carboxylic acids is 1. The molecule has 0 aromatic heterocycles. The van der Waals surface area contributed by atoms with Crippen LogP contribution in [0.25, 0.3) is 0 Å². The highest BCUT2D eigenvalue weighted by molar-refractivity contribution is 5.76. The Hall–Kier alpha value is -0.610. The molecule has 0 saturated heterocycles. The lowest BCUT2D eigenvalue weighted by molar-refractivity contribution is -0.130. The summed E-state index contributed by atoms with van der Waals surface area (Å²) in [5.41, 5.74) is 2.71. The van der Waals surface area contributed by atoms with Crippen LogP contribution in [0.4, 0.5) is 0 Å². The number of hydrogen-bond donors (Lipinski definition) is 1. The highest BCUT2D eigenvalue weighted by atomic mass is 16.5. The number of amides is 1. The van der Waals surface area contributed by atoms with E-state index in [9.17, 15) is 4.79 Å². The van der Waals surface area contributed by atoms with Crippen molar-refractivity contribution in [3.05, 3.63) is 0 Å². The fraction of sp³-hybridized carbons (Fsp3) is 0.889. The summed E-state index contributed by atoms with van der Waals surface area (Å²) in [4.78, 5) is 11.1. The van der Waals surface area contributed by atoms with Crippen molar-refractivity contribution in [3.8, 4) is 0 Å². The Balaban J connectivity index is 3.49. The molecule has 0 fully saturated rings. The van der Waals surface area contributed by atoms with E-state index in [-0.39, 0.29) is 17.9 Å². The van der Waals surface area contributed by atoms with Crippen LogP contribution < -0.4 is 5.43 Å². The molecule has 0 radical (unpaired) electrons. The third-order valence-corrected chi connectivity index (χ3v) is 1.12. The Bertz CT molecular complexity index is 161. The first-order valence-electron chi connectivity index (χ1n) is 4.36. The summed E-state index contributed by atoms with van der Waals surface area (Å²) < 4.78 is 5.22. The van der Waals surface area contributed by atoms with Crippen molar-refractivity contribution in [1.82, 2.24) is 10.4 Å². The van der Waals surface area contributed by atoms with Gasteiger partial charge in [-0.2, -0.15) is 0 Å². The second-order valence-corrected chi connectivity index (χ2v) is 4.48. The average molecular weight is 188 g/mol. The maximum Gasteiger partial charge on any atom is 0.260 e. The molecule has 0 aromatic rings. The number of nitrogens with zero attached hydrogens (tertiary/aromatic N) is 1. The molecule has 0 spiro atoms. The van der Waals surface area contributed by atoms with E-state index in [1.54, 1.807) is 19.1 Å². The van der Waals surface area contributed by atoms with Crippen molar-refractivity contribution < 1.29 is 9.53 Å². The van der Waals surface area contributed by atoms with Gasteiger partial charge in [-0.25, -0.2) is 5.01 Å². The number of nitrogens with one attached hydrogen (secondary N) is 1. The fourth-order valence-electron chi connectivity index (χ4n) is 0.732. The van der Waals surface area contributed by atoms with E-state index in [0.29, 0.717) is 6.61 Å². The van der Waals surface area contributed by atoms with Gasteiger partial charge in [0.05, 0.1) is 6.61 Å². The highest BCUT2D eigenvalue weighted by Gasteiger charge is 2.11. The number of hydrogen-bond acceptors (Lipinski definition) is 3. The molecule has 0 bridgehead atoms. The molecule has 0 saturated carbocycles. The van der Waals surface area contributed by atoms with Gasteiger partial charge >= 0.3 is 0 Å². The number of hydrazine groups is 1. The third kappa shape index (κ3) is 9.30. The summed E-state index contributed by atoms with van der Waals surface area (Å²) in [6, 6.07) is 0. The van der Waals surface area contributed by atoms with Crippen LogP contribution in [0.3, 0.4) is 0 Å². The average Bonchev–Trinajstić information content (AvgIpc) is 1.81. The summed E-state index contributed by atoms with van der Waals surface area (Å²) in [5, 5.41) is 1.60.